The van der Waals surface area contributed by atoms with Crippen molar-refractivity contribution >= 4 is 22.8 Å². The van der Waals surface area contributed by atoms with Crippen LogP contribution >= 0.6 is 11.6 Å². The Morgan fingerprint density at radius 2 is 2.14 bits per heavy atom. The summed E-state index contributed by atoms with van der Waals surface area (Å²) in [5, 5.41) is 12.1. The molecule has 3 aromatic heterocycles. The Morgan fingerprint density at radius 3 is 2.81 bits per heavy atom. The minimum absolute atomic E-state index is 0.136. The van der Waals surface area contributed by atoms with E-state index >= 15 is 0 Å². The van der Waals surface area contributed by atoms with Crippen LogP contribution in [0, 0.1) is 6.92 Å². The molecule has 0 aromatic carbocycles. The van der Waals surface area contributed by atoms with E-state index in [-0.39, 0.29) is 5.38 Å². The smallest absolute Gasteiger partial charge is 0.158 e. The topological polar surface area (TPSA) is 66.3 Å². The number of alkyl halides is 1. The van der Waals surface area contributed by atoms with Crippen molar-refractivity contribution in [2.75, 3.05) is 0 Å². The molecule has 0 N–H and O–H groups in total. The molecule has 0 fully saturated rings. The molecule has 0 saturated carbocycles. The first kappa shape index (κ1) is 14.1. The van der Waals surface area contributed by atoms with Crippen molar-refractivity contribution in [3.05, 3.63) is 23.9 Å². The van der Waals surface area contributed by atoms with Crippen LogP contribution in [0.4, 0.5) is 0 Å². The summed E-state index contributed by atoms with van der Waals surface area (Å²) in [6.07, 6.45) is 4.48. The normalized spacial score (nSPS) is 13.1. The molecule has 0 bridgehead atoms. The maximum absolute atomic E-state index is 6.28. The zero-order chi connectivity index (χ0) is 15.0. The van der Waals surface area contributed by atoms with E-state index in [1.54, 1.807) is 6.20 Å². The molecule has 21 heavy (non-hydrogen) atoms. The van der Waals surface area contributed by atoms with Gasteiger partial charge in [0.15, 0.2) is 5.65 Å². The summed E-state index contributed by atoms with van der Waals surface area (Å²) in [6, 6.07) is 0. The van der Waals surface area contributed by atoms with Gasteiger partial charge in [-0.2, -0.15) is 5.10 Å². The van der Waals surface area contributed by atoms with Gasteiger partial charge in [-0.25, -0.2) is 4.98 Å². The average molecular weight is 308 g/mol. The summed E-state index contributed by atoms with van der Waals surface area (Å²) < 4.78 is 5.85. The molecule has 0 saturated heterocycles. The molecule has 0 spiro atoms. The Kier molecular flexibility index (Phi) is 3.67. The van der Waals surface area contributed by atoms with Crippen LogP contribution in [0.25, 0.3) is 11.2 Å². The Bertz CT molecular complexity index is 738. The number of hydrogen-bond donors (Lipinski definition) is 0. The van der Waals surface area contributed by atoms with Crippen molar-refractivity contribution < 1.29 is 0 Å². The first-order valence-electron chi connectivity index (χ1n) is 6.96. The Hall–Kier alpha value is -1.89. The van der Waals surface area contributed by atoms with Gasteiger partial charge in [-0.3, -0.25) is 9.36 Å². The highest BCUT2D eigenvalue weighted by atomic mass is 35.5. The minimum Gasteiger partial charge on any atom is -0.312 e. The summed E-state index contributed by atoms with van der Waals surface area (Å²) >= 11 is 6.28. The number of fused-ring (bicyclic) bond motifs is 1. The number of hydrogen-bond acceptors (Lipinski definition) is 4. The van der Waals surface area contributed by atoms with Crippen LogP contribution in [0.1, 0.15) is 30.2 Å². The summed E-state index contributed by atoms with van der Waals surface area (Å²) in [7, 11) is 1.94. The van der Waals surface area contributed by atoms with Gasteiger partial charge in [0.2, 0.25) is 0 Å². The zero-order valence-electron chi connectivity index (χ0n) is 12.4. The highest BCUT2D eigenvalue weighted by molar-refractivity contribution is 6.20. The van der Waals surface area contributed by atoms with Gasteiger partial charge in [-0.1, -0.05) is 5.21 Å². The summed E-state index contributed by atoms with van der Waals surface area (Å²) in [5.41, 5.74) is 2.88. The number of aryl methyl sites for hydroxylation is 4. The molecule has 112 valence electrons. The molecular weight excluding hydrogens is 290 g/mol. The SMILES string of the molecule is Cc1nn(C)c2c1nc(C(C)Cl)n2CCCn1ccnn1. The first-order chi connectivity index (χ1) is 10.1. The van der Waals surface area contributed by atoms with Gasteiger partial charge in [0.1, 0.15) is 11.3 Å². The second kappa shape index (κ2) is 5.48. The Morgan fingerprint density at radius 1 is 1.33 bits per heavy atom. The van der Waals surface area contributed by atoms with Gasteiger partial charge in [-0.05, 0) is 20.3 Å². The molecule has 0 aliphatic carbocycles. The van der Waals surface area contributed by atoms with E-state index in [1.165, 1.54) is 0 Å². The van der Waals surface area contributed by atoms with Crippen LogP contribution < -0.4 is 0 Å². The van der Waals surface area contributed by atoms with Crippen LogP contribution in [-0.4, -0.2) is 34.3 Å². The molecule has 8 heteroatoms. The highest BCUT2D eigenvalue weighted by Gasteiger charge is 2.19. The zero-order valence-corrected chi connectivity index (χ0v) is 13.1. The van der Waals surface area contributed by atoms with Crippen LogP contribution in [0.5, 0.6) is 0 Å². The predicted octanol–water partition coefficient (Wildman–Crippen LogP) is 2.06. The first-order valence-corrected chi connectivity index (χ1v) is 7.39. The van der Waals surface area contributed by atoms with E-state index in [4.69, 9.17) is 11.6 Å². The van der Waals surface area contributed by atoms with E-state index < -0.39 is 0 Å². The lowest BCUT2D eigenvalue weighted by Gasteiger charge is -2.10. The lowest BCUT2D eigenvalue weighted by Crippen LogP contribution is -2.10. The monoisotopic (exact) mass is 307 g/mol. The third kappa shape index (κ3) is 2.53. The van der Waals surface area contributed by atoms with Crippen molar-refractivity contribution in [1.82, 2.24) is 34.3 Å². The third-order valence-corrected chi connectivity index (χ3v) is 3.71. The van der Waals surface area contributed by atoms with Crippen molar-refractivity contribution in [2.24, 2.45) is 7.05 Å². The van der Waals surface area contributed by atoms with Gasteiger partial charge >= 0.3 is 0 Å². The second-order valence-electron chi connectivity index (χ2n) is 5.14. The van der Waals surface area contributed by atoms with E-state index in [0.29, 0.717) is 0 Å². The van der Waals surface area contributed by atoms with Gasteiger partial charge in [-0.15, -0.1) is 16.7 Å². The largest absolute Gasteiger partial charge is 0.312 e. The van der Waals surface area contributed by atoms with Crippen molar-refractivity contribution in [3.8, 4) is 0 Å². The number of rotatable bonds is 5. The minimum atomic E-state index is -0.136. The summed E-state index contributed by atoms with van der Waals surface area (Å²) in [5.74, 6) is 0.890. The maximum atomic E-state index is 6.28. The molecule has 1 atom stereocenters. The molecule has 7 nitrogen and oxygen atoms in total. The van der Waals surface area contributed by atoms with Gasteiger partial charge in [0, 0.05) is 26.3 Å². The van der Waals surface area contributed by atoms with E-state index in [0.717, 1.165) is 42.2 Å². The number of aromatic nitrogens is 7. The molecule has 0 aliphatic rings. The summed E-state index contributed by atoms with van der Waals surface area (Å²) in [4.78, 5) is 4.66. The van der Waals surface area contributed by atoms with Crippen LogP contribution in [-0.2, 0) is 20.1 Å². The lowest BCUT2D eigenvalue weighted by atomic mass is 10.3. The van der Waals surface area contributed by atoms with E-state index in [1.807, 2.05) is 36.5 Å². The quantitative estimate of drug-likeness (QED) is 0.677. The van der Waals surface area contributed by atoms with Gasteiger partial charge in [0.25, 0.3) is 0 Å². The molecule has 3 heterocycles. The van der Waals surface area contributed by atoms with Crippen LogP contribution in [0.15, 0.2) is 12.4 Å². The molecule has 3 aromatic rings. The van der Waals surface area contributed by atoms with Gasteiger partial charge < -0.3 is 4.57 Å². The molecule has 0 aliphatic heterocycles. The van der Waals surface area contributed by atoms with Gasteiger partial charge in [0.05, 0.1) is 17.3 Å². The maximum Gasteiger partial charge on any atom is 0.158 e. The number of imidazole rings is 1. The lowest BCUT2D eigenvalue weighted by molar-refractivity contribution is 0.507. The fourth-order valence-electron chi connectivity index (χ4n) is 2.62. The van der Waals surface area contributed by atoms with E-state index in [9.17, 15) is 0 Å². The number of halogens is 1. The fraction of sp³-hybridized carbons (Fsp3) is 0.538. The van der Waals surface area contributed by atoms with Crippen molar-refractivity contribution in [2.45, 2.75) is 38.7 Å². The fourth-order valence-corrected chi connectivity index (χ4v) is 2.79. The Balaban J connectivity index is 1.89. The third-order valence-electron chi connectivity index (χ3n) is 3.52. The molecule has 3 rings (SSSR count). The molecule has 1 unspecified atom stereocenters. The van der Waals surface area contributed by atoms with Crippen LogP contribution in [0.3, 0.4) is 0 Å². The molecule has 0 radical (unpaired) electrons. The predicted molar refractivity (Wildman–Crippen MR) is 80.1 cm³/mol. The highest BCUT2D eigenvalue weighted by Crippen LogP contribution is 2.26. The van der Waals surface area contributed by atoms with Crippen molar-refractivity contribution in [3.63, 3.8) is 0 Å². The molecule has 0 amide bonds. The summed E-state index contributed by atoms with van der Waals surface area (Å²) in [6.45, 7) is 5.55. The average Bonchev–Trinajstić information content (AvgIpc) is 3.10. The Labute approximate surface area is 127 Å². The van der Waals surface area contributed by atoms with Crippen LogP contribution in [0.2, 0.25) is 0 Å². The standard InChI is InChI=1S/C13H18ClN7/c1-9(14)12-16-11-10(2)17-19(3)13(11)21(12)7-4-6-20-8-5-15-18-20/h5,8-9H,4,6-7H2,1-3H3. The van der Waals surface area contributed by atoms with Crippen molar-refractivity contribution in [1.29, 1.82) is 0 Å². The van der Waals surface area contributed by atoms with E-state index in [2.05, 4.69) is 25.0 Å². The second-order valence-corrected chi connectivity index (χ2v) is 5.79. The number of nitrogens with zero attached hydrogens (tertiary/aromatic N) is 7. The molecular formula is C13H18ClN7.